The van der Waals surface area contributed by atoms with Crippen LogP contribution in [0.1, 0.15) is 27.2 Å². The molecule has 0 aliphatic carbocycles. The van der Waals surface area contributed by atoms with E-state index in [4.69, 9.17) is 4.84 Å². The van der Waals surface area contributed by atoms with Gasteiger partial charge in [0.2, 0.25) is 0 Å². The van der Waals surface area contributed by atoms with E-state index in [1.54, 1.807) is 0 Å². The van der Waals surface area contributed by atoms with Crippen molar-refractivity contribution in [1.29, 1.82) is 0 Å². The van der Waals surface area contributed by atoms with Crippen LogP contribution in [0.15, 0.2) is 0 Å². The minimum Gasteiger partial charge on any atom is -0.301 e. The van der Waals surface area contributed by atoms with Crippen molar-refractivity contribution in [2.24, 2.45) is 11.3 Å². The second-order valence-electron chi connectivity index (χ2n) is 4.11. The first-order valence-corrected chi connectivity index (χ1v) is 3.95. The quantitative estimate of drug-likeness (QED) is 0.556. The van der Waals surface area contributed by atoms with E-state index in [9.17, 15) is 0 Å². The van der Waals surface area contributed by atoms with Crippen LogP contribution in [0, 0.1) is 11.3 Å². The molecule has 0 bridgehead atoms. The molecule has 0 radical (unpaired) electrons. The van der Waals surface area contributed by atoms with Crippen molar-refractivity contribution in [1.82, 2.24) is 5.48 Å². The van der Waals surface area contributed by atoms with Gasteiger partial charge in [0.1, 0.15) is 0 Å². The maximum Gasteiger partial charge on any atom is 0.0733 e. The van der Waals surface area contributed by atoms with Gasteiger partial charge in [-0.3, -0.25) is 0 Å². The van der Waals surface area contributed by atoms with E-state index in [1.165, 1.54) is 6.42 Å². The first kappa shape index (κ1) is 8.02. The lowest BCUT2D eigenvalue weighted by Crippen LogP contribution is -2.20. The maximum absolute atomic E-state index is 5.23. The average Bonchev–Trinajstić information content (AvgIpc) is 1.90. The molecule has 0 amide bonds. The molecular weight excluding hydrogens is 126 g/mol. The van der Waals surface area contributed by atoms with E-state index >= 15 is 0 Å². The Balaban J connectivity index is 2.46. The van der Waals surface area contributed by atoms with Crippen molar-refractivity contribution in [3.05, 3.63) is 0 Å². The summed E-state index contributed by atoms with van der Waals surface area (Å²) in [4.78, 5) is 5.23. The Labute approximate surface area is 62.9 Å². The van der Waals surface area contributed by atoms with Crippen LogP contribution < -0.4 is 5.48 Å². The van der Waals surface area contributed by atoms with Crippen molar-refractivity contribution < 1.29 is 4.84 Å². The normalized spacial score (nSPS) is 33.3. The van der Waals surface area contributed by atoms with E-state index < -0.39 is 0 Å². The topological polar surface area (TPSA) is 21.3 Å². The van der Waals surface area contributed by atoms with Crippen LogP contribution in [-0.2, 0) is 4.84 Å². The summed E-state index contributed by atoms with van der Waals surface area (Å²) in [6.07, 6.45) is 1.25. The van der Waals surface area contributed by atoms with Gasteiger partial charge in [-0.25, -0.2) is 5.48 Å². The van der Waals surface area contributed by atoms with Crippen LogP contribution in [0.3, 0.4) is 0 Å². The third-order valence-electron chi connectivity index (χ3n) is 1.90. The van der Waals surface area contributed by atoms with Crippen LogP contribution >= 0.6 is 0 Å². The summed E-state index contributed by atoms with van der Waals surface area (Å²) in [6, 6.07) is 0. The summed E-state index contributed by atoms with van der Waals surface area (Å²) >= 11 is 0. The molecule has 1 atom stereocenters. The van der Waals surface area contributed by atoms with Gasteiger partial charge >= 0.3 is 0 Å². The third-order valence-corrected chi connectivity index (χ3v) is 1.90. The predicted molar refractivity (Wildman–Crippen MR) is 41.5 cm³/mol. The van der Waals surface area contributed by atoms with Gasteiger partial charge in [0.15, 0.2) is 0 Å². The minimum absolute atomic E-state index is 0.350. The predicted octanol–water partition coefficient (Wildman–Crippen LogP) is 1.57. The molecule has 2 heteroatoms. The minimum atomic E-state index is 0.350. The van der Waals surface area contributed by atoms with Gasteiger partial charge in [0.05, 0.1) is 6.61 Å². The molecule has 0 spiro atoms. The van der Waals surface area contributed by atoms with Gasteiger partial charge in [-0.2, -0.15) is 0 Å². The van der Waals surface area contributed by atoms with E-state index in [2.05, 4.69) is 26.3 Å². The van der Waals surface area contributed by atoms with E-state index in [-0.39, 0.29) is 0 Å². The summed E-state index contributed by atoms with van der Waals surface area (Å²) in [7, 11) is 0. The summed E-state index contributed by atoms with van der Waals surface area (Å²) < 4.78 is 0. The zero-order valence-corrected chi connectivity index (χ0v) is 7.11. The van der Waals surface area contributed by atoms with E-state index in [1.807, 2.05) is 0 Å². The molecule has 10 heavy (non-hydrogen) atoms. The lowest BCUT2D eigenvalue weighted by atomic mass is 9.85. The fourth-order valence-electron chi connectivity index (χ4n) is 1.52. The molecule has 1 saturated heterocycles. The standard InChI is InChI=1S/C8H17NO/c1-7-4-8(2,3)6-10-9-5-7/h7,9H,4-6H2,1-3H3. The van der Waals surface area contributed by atoms with Gasteiger partial charge < -0.3 is 4.84 Å². The fourth-order valence-corrected chi connectivity index (χ4v) is 1.52. The number of hydrogen-bond donors (Lipinski definition) is 1. The van der Waals surface area contributed by atoms with Gasteiger partial charge in [-0.1, -0.05) is 20.8 Å². The molecule has 60 valence electrons. The molecule has 1 unspecified atom stereocenters. The summed E-state index contributed by atoms with van der Waals surface area (Å²) in [5, 5.41) is 0. The molecule has 1 aliphatic heterocycles. The Kier molecular flexibility index (Phi) is 2.32. The molecule has 1 rings (SSSR count). The largest absolute Gasteiger partial charge is 0.301 e. The Morgan fingerprint density at radius 2 is 2.20 bits per heavy atom. The molecule has 1 aliphatic rings. The van der Waals surface area contributed by atoms with Gasteiger partial charge in [-0.05, 0) is 17.8 Å². The van der Waals surface area contributed by atoms with Crippen molar-refractivity contribution in [2.75, 3.05) is 13.2 Å². The summed E-state index contributed by atoms with van der Waals surface area (Å²) in [5.41, 5.74) is 3.30. The second kappa shape index (κ2) is 2.89. The number of hydroxylamine groups is 1. The van der Waals surface area contributed by atoms with Crippen LogP contribution in [-0.4, -0.2) is 13.2 Å². The Hall–Kier alpha value is -0.0800. The molecule has 1 heterocycles. The van der Waals surface area contributed by atoms with Gasteiger partial charge in [0.25, 0.3) is 0 Å². The number of rotatable bonds is 0. The average molecular weight is 143 g/mol. The zero-order valence-electron chi connectivity index (χ0n) is 7.11. The highest BCUT2D eigenvalue weighted by Gasteiger charge is 2.24. The van der Waals surface area contributed by atoms with Crippen LogP contribution in [0.2, 0.25) is 0 Å². The molecule has 0 aromatic heterocycles. The van der Waals surface area contributed by atoms with Crippen LogP contribution in [0.5, 0.6) is 0 Å². The Morgan fingerprint density at radius 1 is 1.50 bits per heavy atom. The second-order valence-corrected chi connectivity index (χ2v) is 4.11. The first-order valence-electron chi connectivity index (χ1n) is 3.95. The molecule has 0 aromatic rings. The highest BCUT2D eigenvalue weighted by Crippen LogP contribution is 2.26. The fraction of sp³-hybridized carbons (Fsp3) is 1.00. The third kappa shape index (κ3) is 2.27. The molecule has 0 saturated carbocycles. The highest BCUT2D eigenvalue weighted by molar-refractivity contribution is 4.73. The van der Waals surface area contributed by atoms with Crippen molar-refractivity contribution in [3.63, 3.8) is 0 Å². The summed E-state index contributed by atoms with van der Waals surface area (Å²) in [5.74, 6) is 0.734. The van der Waals surface area contributed by atoms with Crippen molar-refractivity contribution >= 4 is 0 Å². The molecule has 2 nitrogen and oxygen atoms in total. The number of nitrogens with one attached hydrogen (secondary N) is 1. The smallest absolute Gasteiger partial charge is 0.0733 e. The van der Waals surface area contributed by atoms with Crippen LogP contribution in [0.4, 0.5) is 0 Å². The number of hydrogen-bond acceptors (Lipinski definition) is 2. The first-order chi connectivity index (χ1) is 4.60. The Bertz CT molecular complexity index is 112. The van der Waals surface area contributed by atoms with Gasteiger partial charge in [0, 0.05) is 6.54 Å². The summed E-state index contributed by atoms with van der Waals surface area (Å²) in [6.45, 7) is 8.57. The maximum atomic E-state index is 5.23. The van der Waals surface area contributed by atoms with E-state index in [0.717, 1.165) is 19.1 Å². The Morgan fingerprint density at radius 3 is 2.90 bits per heavy atom. The molecule has 0 aromatic carbocycles. The molecular formula is C8H17NO. The lowest BCUT2D eigenvalue weighted by Gasteiger charge is -2.22. The van der Waals surface area contributed by atoms with E-state index in [0.29, 0.717) is 5.41 Å². The molecule has 1 fully saturated rings. The lowest BCUT2D eigenvalue weighted by molar-refractivity contribution is 0.00963. The molecule has 1 N–H and O–H groups in total. The highest BCUT2D eigenvalue weighted by atomic mass is 16.6. The van der Waals surface area contributed by atoms with Crippen LogP contribution in [0.25, 0.3) is 0 Å². The van der Waals surface area contributed by atoms with Gasteiger partial charge in [-0.15, -0.1) is 0 Å². The van der Waals surface area contributed by atoms with Crippen molar-refractivity contribution in [2.45, 2.75) is 27.2 Å². The SMILES string of the molecule is CC1CNOCC(C)(C)C1. The van der Waals surface area contributed by atoms with Crippen molar-refractivity contribution in [3.8, 4) is 0 Å². The zero-order chi connectivity index (χ0) is 7.61. The monoisotopic (exact) mass is 143 g/mol.